The number of nitrogens with zero attached hydrogens (tertiary/aromatic N) is 1. The molecule has 0 fully saturated rings. The minimum Gasteiger partial charge on any atom is -0.493 e. The van der Waals surface area contributed by atoms with Crippen molar-refractivity contribution in [2.45, 2.75) is 13.0 Å². The van der Waals surface area contributed by atoms with Gasteiger partial charge in [-0.2, -0.15) is 0 Å². The van der Waals surface area contributed by atoms with Gasteiger partial charge in [0.1, 0.15) is 5.76 Å². The molecular formula is C25H26N2O7. The lowest BCUT2D eigenvalue weighted by atomic mass is 10.1. The monoisotopic (exact) mass is 466 g/mol. The van der Waals surface area contributed by atoms with E-state index < -0.39 is 18.5 Å². The molecule has 0 spiro atoms. The number of likely N-dealkylation sites (N-methyl/N-ethyl adjacent to an activating group) is 1. The van der Waals surface area contributed by atoms with E-state index in [4.69, 9.17) is 18.6 Å². The maximum absolute atomic E-state index is 12.6. The molecule has 0 unspecified atom stereocenters. The van der Waals surface area contributed by atoms with Crippen LogP contribution in [0.2, 0.25) is 0 Å². The highest BCUT2D eigenvalue weighted by atomic mass is 16.5. The number of nitrogens with one attached hydrogen (secondary N) is 1. The average molecular weight is 466 g/mol. The van der Waals surface area contributed by atoms with Crippen molar-refractivity contribution in [2.75, 3.05) is 32.3 Å². The molecule has 0 radical (unpaired) electrons. The van der Waals surface area contributed by atoms with Crippen LogP contribution in [0.15, 0.2) is 71.3 Å². The van der Waals surface area contributed by atoms with Gasteiger partial charge in [0, 0.05) is 7.05 Å². The Morgan fingerprint density at radius 2 is 1.71 bits per heavy atom. The number of anilines is 1. The second kappa shape index (κ2) is 12.1. The predicted molar refractivity (Wildman–Crippen MR) is 124 cm³/mol. The van der Waals surface area contributed by atoms with Gasteiger partial charge in [0.25, 0.3) is 11.8 Å². The third kappa shape index (κ3) is 6.61. The Kier molecular flexibility index (Phi) is 8.67. The molecule has 34 heavy (non-hydrogen) atoms. The van der Waals surface area contributed by atoms with Crippen molar-refractivity contribution in [2.24, 2.45) is 0 Å². The van der Waals surface area contributed by atoms with E-state index in [-0.39, 0.29) is 25.5 Å². The molecule has 2 amide bonds. The van der Waals surface area contributed by atoms with Crippen molar-refractivity contribution >= 4 is 23.5 Å². The number of amides is 2. The van der Waals surface area contributed by atoms with E-state index in [1.165, 1.54) is 25.3 Å². The van der Waals surface area contributed by atoms with E-state index in [1.54, 1.807) is 54.6 Å². The fourth-order valence-corrected chi connectivity index (χ4v) is 3.06. The molecule has 2 aromatic carbocycles. The zero-order chi connectivity index (χ0) is 24.3. The molecule has 9 nitrogen and oxygen atoms in total. The Balaban J connectivity index is 1.49. The lowest BCUT2D eigenvalue weighted by Gasteiger charge is -2.20. The van der Waals surface area contributed by atoms with Crippen LogP contribution in [0.4, 0.5) is 5.69 Å². The topological polar surface area (TPSA) is 107 Å². The van der Waals surface area contributed by atoms with E-state index >= 15 is 0 Å². The number of hydrogen-bond acceptors (Lipinski definition) is 7. The molecule has 0 bridgehead atoms. The first-order valence-corrected chi connectivity index (χ1v) is 10.6. The van der Waals surface area contributed by atoms with Gasteiger partial charge in [0.05, 0.1) is 44.2 Å². The fraction of sp³-hybridized carbons (Fsp3) is 0.240. The molecular weight excluding hydrogens is 440 g/mol. The molecule has 0 atom stereocenters. The Labute approximate surface area is 197 Å². The van der Waals surface area contributed by atoms with Crippen molar-refractivity contribution in [3.05, 3.63) is 78.3 Å². The maximum atomic E-state index is 12.6. The molecule has 0 saturated carbocycles. The number of esters is 1. The highest BCUT2D eigenvalue weighted by Crippen LogP contribution is 2.25. The van der Waals surface area contributed by atoms with E-state index in [9.17, 15) is 14.4 Å². The summed E-state index contributed by atoms with van der Waals surface area (Å²) in [6.45, 7) is -0.180. The van der Waals surface area contributed by atoms with Crippen LogP contribution in [0.5, 0.6) is 11.5 Å². The Bertz CT molecular complexity index is 1110. The third-order valence-electron chi connectivity index (χ3n) is 4.88. The van der Waals surface area contributed by atoms with Gasteiger partial charge >= 0.3 is 5.97 Å². The molecule has 1 N–H and O–H groups in total. The molecule has 178 valence electrons. The number of ether oxygens (including phenoxy) is 3. The van der Waals surface area contributed by atoms with Gasteiger partial charge in [-0.05, 0) is 36.4 Å². The first kappa shape index (κ1) is 24.4. The second-order valence-corrected chi connectivity index (χ2v) is 7.14. The quantitative estimate of drug-likeness (QED) is 0.433. The summed E-state index contributed by atoms with van der Waals surface area (Å²) in [7, 11) is 3.04. The summed E-state index contributed by atoms with van der Waals surface area (Å²) in [5.74, 6) is 0.246. The summed E-state index contributed by atoms with van der Waals surface area (Å²) in [6.07, 6.45) is 1.48. The molecule has 0 saturated heterocycles. The molecule has 1 aromatic heterocycles. The average Bonchev–Trinajstić information content (AvgIpc) is 3.39. The van der Waals surface area contributed by atoms with E-state index in [0.29, 0.717) is 28.5 Å². The van der Waals surface area contributed by atoms with Gasteiger partial charge in [0.2, 0.25) is 0 Å². The molecule has 9 heteroatoms. The Morgan fingerprint density at radius 3 is 2.44 bits per heavy atom. The summed E-state index contributed by atoms with van der Waals surface area (Å²) in [4.78, 5) is 38.6. The largest absolute Gasteiger partial charge is 0.493 e. The number of carbonyl (C=O) groups is 3. The van der Waals surface area contributed by atoms with Crippen molar-refractivity contribution in [3.63, 3.8) is 0 Å². The van der Waals surface area contributed by atoms with Crippen LogP contribution in [0, 0.1) is 0 Å². The van der Waals surface area contributed by atoms with Crippen LogP contribution >= 0.6 is 0 Å². The van der Waals surface area contributed by atoms with Crippen LogP contribution in [0.3, 0.4) is 0 Å². The lowest BCUT2D eigenvalue weighted by molar-refractivity contribution is -0.148. The minimum absolute atomic E-state index is 0.0409. The van der Waals surface area contributed by atoms with Crippen LogP contribution in [-0.4, -0.2) is 45.2 Å². The highest BCUT2D eigenvalue weighted by Gasteiger charge is 2.20. The third-order valence-corrected chi connectivity index (χ3v) is 4.88. The van der Waals surface area contributed by atoms with Crippen molar-refractivity contribution in [1.82, 2.24) is 5.32 Å². The summed E-state index contributed by atoms with van der Waals surface area (Å²) in [5.41, 5.74) is 0.696. The number of para-hydroxylation sites is 3. The molecule has 0 aliphatic heterocycles. The Hall–Kier alpha value is -4.27. The number of hydrogen-bond donors (Lipinski definition) is 1. The molecule has 0 aliphatic rings. The van der Waals surface area contributed by atoms with Gasteiger partial charge in [-0.1, -0.05) is 24.3 Å². The molecule has 3 rings (SSSR count). The van der Waals surface area contributed by atoms with Crippen LogP contribution in [0.1, 0.15) is 22.5 Å². The van der Waals surface area contributed by atoms with Gasteiger partial charge in [-0.25, -0.2) is 0 Å². The number of rotatable bonds is 11. The maximum Gasteiger partial charge on any atom is 0.309 e. The van der Waals surface area contributed by atoms with Crippen LogP contribution in [-0.2, 0) is 20.9 Å². The van der Waals surface area contributed by atoms with Crippen molar-refractivity contribution in [1.29, 1.82) is 0 Å². The smallest absolute Gasteiger partial charge is 0.309 e. The van der Waals surface area contributed by atoms with Gasteiger partial charge in [-0.3, -0.25) is 14.4 Å². The van der Waals surface area contributed by atoms with Gasteiger partial charge in [-0.15, -0.1) is 0 Å². The SMILES string of the molecule is COc1ccccc1OCCC(=O)OCC(=O)N(C)c1ccccc1C(=O)NCc1ccco1. The zero-order valence-electron chi connectivity index (χ0n) is 19.0. The molecule has 1 heterocycles. The summed E-state index contributed by atoms with van der Waals surface area (Å²) < 4.78 is 21.0. The highest BCUT2D eigenvalue weighted by molar-refractivity contribution is 6.05. The van der Waals surface area contributed by atoms with Crippen LogP contribution in [0.25, 0.3) is 0 Å². The number of furan rings is 1. The number of carbonyl (C=O) groups excluding carboxylic acids is 3. The molecule has 0 aliphatic carbocycles. The van der Waals surface area contributed by atoms with Crippen molar-refractivity contribution < 1.29 is 33.0 Å². The second-order valence-electron chi connectivity index (χ2n) is 7.14. The first-order chi connectivity index (χ1) is 16.5. The first-order valence-electron chi connectivity index (χ1n) is 10.6. The van der Waals surface area contributed by atoms with E-state index in [1.807, 2.05) is 6.07 Å². The summed E-state index contributed by atoms with van der Waals surface area (Å²) in [5, 5.41) is 2.75. The Morgan fingerprint density at radius 1 is 0.971 bits per heavy atom. The normalized spacial score (nSPS) is 10.3. The van der Waals surface area contributed by atoms with Gasteiger partial charge < -0.3 is 28.8 Å². The minimum atomic E-state index is -0.582. The predicted octanol–water partition coefficient (Wildman–Crippen LogP) is 3.19. The summed E-state index contributed by atoms with van der Waals surface area (Å²) in [6, 6.07) is 17.2. The summed E-state index contributed by atoms with van der Waals surface area (Å²) >= 11 is 0. The van der Waals surface area contributed by atoms with E-state index in [0.717, 1.165) is 0 Å². The van der Waals surface area contributed by atoms with Gasteiger partial charge in [0.15, 0.2) is 18.1 Å². The zero-order valence-corrected chi connectivity index (χ0v) is 19.0. The number of methoxy groups -OCH3 is 1. The van der Waals surface area contributed by atoms with Crippen molar-refractivity contribution in [3.8, 4) is 11.5 Å². The number of benzene rings is 2. The van der Waals surface area contributed by atoms with Crippen LogP contribution < -0.4 is 19.7 Å². The standard InChI is InChI=1S/C25H26N2O7/c1-27(20-10-4-3-9-19(20)25(30)26-16-18-8-7-14-32-18)23(28)17-34-24(29)13-15-33-22-12-6-5-11-21(22)31-2/h3-12,14H,13,15-17H2,1-2H3,(H,26,30). The lowest BCUT2D eigenvalue weighted by Crippen LogP contribution is -2.33. The molecule has 3 aromatic rings. The van der Waals surface area contributed by atoms with E-state index in [2.05, 4.69) is 5.32 Å². The fourth-order valence-electron chi connectivity index (χ4n) is 3.06.